The van der Waals surface area contributed by atoms with Gasteiger partial charge in [-0.3, -0.25) is 0 Å². The molecule has 0 N–H and O–H groups in total. The van der Waals surface area contributed by atoms with E-state index in [0.717, 1.165) is 24.9 Å². The van der Waals surface area contributed by atoms with Gasteiger partial charge in [0.2, 0.25) is 10.0 Å². The van der Waals surface area contributed by atoms with Crippen molar-refractivity contribution in [1.82, 2.24) is 9.21 Å². The van der Waals surface area contributed by atoms with E-state index in [1.165, 1.54) is 10.4 Å². The van der Waals surface area contributed by atoms with Crippen molar-refractivity contribution >= 4 is 10.0 Å². The van der Waals surface area contributed by atoms with E-state index in [2.05, 4.69) is 18.9 Å². The Balaban J connectivity index is 2.12. The first-order valence-electron chi connectivity index (χ1n) is 7.61. The van der Waals surface area contributed by atoms with Crippen molar-refractivity contribution < 1.29 is 12.8 Å². The zero-order valence-electron chi connectivity index (χ0n) is 13.7. The predicted molar refractivity (Wildman–Crippen MR) is 86.6 cm³/mol. The Morgan fingerprint density at radius 3 is 2.68 bits per heavy atom. The number of benzene rings is 1. The first-order chi connectivity index (χ1) is 10.2. The maximum Gasteiger partial charge on any atom is 0.218 e. The number of hydrogen-bond donors (Lipinski definition) is 0. The molecule has 0 spiro atoms. The summed E-state index contributed by atoms with van der Waals surface area (Å²) in [6.07, 6.45) is 1.62. The molecule has 0 aromatic heterocycles. The molecular weight excluding hydrogens is 303 g/mol. The smallest absolute Gasteiger partial charge is 0.218 e. The highest BCUT2D eigenvalue weighted by Crippen LogP contribution is 2.24. The number of rotatable bonds is 4. The monoisotopic (exact) mass is 328 g/mol. The highest BCUT2D eigenvalue weighted by Gasteiger charge is 2.32. The SMILES string of the molecule is Cc1ccc(CS(=O)(=O)N(C)[C@H]2CCN(C)[C@@H](C)C2)c(F)c1. The summed E-state index contributed by atoms with van der Waals surface area (Å²) in [6.45, 7) is 4.77. The minimum absolute atomic E-state index is 0.00953. The Kier molecular flexibility index (Phi) is 5.25. The van der Waals surface area contributed by atoms with E-state index in [9.17, 15) is 12.8 Å². The molecule has 1 saturated heterocycles. The van der Waals surface area contributed by atoms with Gasteiger partial charge in [0, 0.05) is 24.7 Å². The van der Waals surface area contributed by atoms with Gasteiger partial charge >= 0.3 is 0 Å². The average Bonchev–Trinajstić information content (AvgIpc) is 2.44. The third kappa shape index (κ3) is 3.86. The largest absolute Gasteiger partial charge is 0.304 e. The van der Waals surface area contributed by atoms with Crippen LogP contribution in [-0.2, 0) is 15.8 Å². The van der Waals surface area contributed by atoms with Crippen molar-refractivity contribution in [3.05, 3.63) is 35.1 Å². The normalized spacial score (nSPS) is 23.9. The molecule has 6 heteroatoms. The van der Waals surface area contributed by atoms with Gasteiger partial charge in [0.15, 0.2) is 0 Å². The van der Waals surface area contributed by atoms with Crippen molar-refractivity contribution in [2.24, 2.45) is 0 Å². The molecule has 1 aliphatic rings. The van der Waals surface area contributed by atoms with E-state index in [1.54, 1.807) is 26.1 Å². The van der Waals surface area contributed by atoms with Crippen LogP contribution in [0.25, 0.3) is 0 Å². The van der Waals surface area contributed by atoms with Crippen LogP contribution in [0.2, 0.25) is 0 Å². The van der Waals surface area contributed by atoms with Crippen LogP contribution in [0.5, 0.6) is 0 Å². The summed E-state index contributed by atoms with van der Waals surface area (Å²) in [5.41, 5.74) is 1.02. The van der Waals surface area contributed by atoms with Crippen LogP contribution in [0.3, 0.4) is 0 Å². The van der Waals surface area contributed by atoms with Crippen molar-refractivity contribution in [3.8, 4) is 0 Å². The Hall–Kier alpha value is -0.980. The lowest BCUT2D eigenvalue weighted by Gasteiger charge is -2.38. The fourth-order valence-corrected chi connectivity index (χ4v) is 4.37. The van der Waals surface area contributed by atoms with Gasteiger partial charge in [-0.25, -0.2) is 17.1 Å². The van der Waals surface area contributed by atoms with Gasteiger partial charge in [-0.1, -0.05) is 12.1 Å². The first kappa shape index (κ1) is 17.4. The highest BCUT2D eigenvalue weighted by atomic mass is 32.2. The third-order valence-corrected chi connectivity index (χ3v) is 6.53. The van der Waals surface area contributed by atoms with Gasteiger partial charge in [-0.15, -0.1) is 0 Å². The van der Waals surface area contributed by atoms with E-state index >= 15 is 0 Å². The molecule has 1 heterocycles. The lowest BCUT2D eigenvalue weighted by Crippen LogP contribution is -2.48. The first-order valence-corrected chi connectivity index (χ1v) is 9.22. The van der Waals surface area contributed by atoms with Crippen LogP contribution in [0, 0.1) is 12.7 Å². The molecule has 0 amide bonds. The van der Waals surface area contributed by atoms with Crippen LogP contribution in [0.15, 0.2) is 18.2 Å². The van der Waals surface area contributed by atoms with Crippen LogP contribution in [-0.4, -0.2) is 50.3 Å². The Labute approximate surface area is 133 Å². The fourth-order valence-electron chi connectivity index (χ4n) is 2.89. The number of nitrogens with zero attached hydrogens (tertiary/aromatic N) is 2. The Bertz CT molecular complexity index is 633. The molecule has 22 heavy (non-hydrogen) atoms. The molecule has 0 bridgehead atoms. The summed E-state index contributed by atoms with van der Waals surface area (Å²) in [5, 5.41) is 0. The Morgan fingerprint density at radius 2 is 2.09 bits per heavy atom. The summed E-state index contributed by atoms with van der Waals surface area (Å²) in [6, 6.07) is 5.03. The molecule has 2 atom stereocenters. The number of halogens is 1. The molecule has 1 aromatic rings. The molecule has 0 saturated carbocycles. The van der Waals surface area contributed by atoms with Crippen LogP contribution >= 0.6 is 0 Å². The zero-order valence-corrected chi connectivity index (χ0v) is 14.5. The minimum atomic E-state index is -3.51. The van der Waals surface area contributed by atoms with Gasteiger partial charge in [0.05, 0.1) is 5.75 Å². The number of hydrogen-bond acceptors (Lipinski definition) is 3. The van der Waals surface area contributed by atoms with E-state index in [0.29, 0.717) is 6.04 Å². The summed E-state index contributed by atoms with van der Waals surface area (Å²) in [4.78, 5) is 2.23. The van der Waals surface area contributed by atoms with Crippen LogP contribution in [0.1, 0.15) is 30.9 Å². The maximum atomic E-state index is 13.9. The molecule has 1 aliphatic heterocycles. The zero-order chi connectivity index (χ0) is 16.5. The van der Waals surface area contributed by atoms with Crippen LogP contribution < -0.4 is 0 Å². The van der Waals surface area contributed by atoms with Gasteiger partial charge < -0.3 is 4.90 Å². The lowest BCUT2D eigenvalue weighted by molar-refractivity contribution is 0.142. The van der Waals surface area contributed by atoms with E-state index in [-0.39, 0.29) is 17.4 Å². The predicted octanol–water partition coefficient (Wildman–Crippen LogP) is 2.38. The number of likely N-dealkylation sites (tertiary alicyclic amines) is 1. The van der Waals surface area contributed by atoms with E-state index in [1.807, 2.05) is 0 Å². The summed E-state index contributed by atoms with van der Waals surface area (Å²) < 4.78 is 40.5. The van der Waals surface area contributed by atoms with E-state index < -0.39 is 15.8 Å². The quantitative estimate of drug-likeness (QED) is 0.852. The standard InChI is InChI=1S/C16H25FN2O2S/c1-12-5-6-14(16(17)9-12)11-22(20,21)19(4)15-7-8-18(3)13(2)10-15/h5-6,9,13,15H,7-8,10-11H2,1-4H3/t13-,15-/m0/s1. The van der Waals surface area contributed by atoms with Gasteiger partial charge in [0.25, 0.3) is 0 Å². The molecule has 0 radical (unpaired) electrons. The lowest BCUT2D eigenvalue weighted by atomic mass is 9.99. The molecule has 2 rings (SSSR count). The number of sulfonamides is 1. The fraction of sp³-hybridized carbons (Fsp3) is 0.625. The molecule has 4 nitrogen and oxygen atoms in total. The van der Waals surface area contributed by atoms with Crippen molar-refractivity contribution in [2.45, 2.75) is 44.5 Å². The van der Waals surface area contributed by atoms with Gasteiger partial charge in [-0.2, -0.15) is 0 Å². The van der Waals surface area contributed by atoms with Crippen molar-refractivity contribution in [2.75, 3.05) is 20.6 Å². The second-order valence-corrected chi connectivity index (χ2v) is 8.40. The highest BCUT2D eigenvalue weighted by molar-refractivity contribution is 7.88. The molecule has 0 aliphatic carbocycles. The summed E-state index contributed by atoms with van der Waals surface area (Å²) in [5.74, 6) is -0.732. The summed E-state index contributed by atoms with van der Waals surface area (Å²) >= 11 is 0. The topological polar surface area (TPSA) is 40.6 Å². The number of aryl methyl sites for hydroxylation is 1. The van der Waals surface area contributed by atoms with Gasteiger partial charge in [0.1, 0.15) is 5.82 Å². The summed E-state index contributed by atoms with van der Waals surface area (Å²) in [7, 11) is 0.153. The molecule has 1 aromatic carbocycles. The Morgan fingerprint density at radius 1 is 1.41 bits per heavy atom. The molecule has 0 unspecified atom stereocenters. The van der Waals surface area contributed by atoms with Gasteiger partial charge in [-0.05, 0) is 51.9 Å². The third-order valence-electron chi connectivity index (χ3n) is 4.68. The molecular formula is C16H25FN2O2S. The molecule has 124 valence electrons. The molecule has 1 fully saturated rings. The van der Waals surface area contributed by atoms with Crippen molar-refractivity contribution in [1.29, 1.82) is 0 Å². The van der Waals surface area contributed by atoms with Crippen molar-refractivity contribution in [3.63, 3.8) is 0 Å². The minimum Gasteiger partial charge on any atom is -0.304 e. The average molecular weight is 328 g/mol. The second-order valence-electron chi connectivity index (χ2n) is 6.38. The van der Waals surface area contributed by atoms with Crippen LogP contribution in [0.4, 0.5) is 4.39 Å². The van der Waals surface area contributed by atoms with E-state index in [4.69, 9.17) is 0 Å². The second kappa shape index (κ2) is 6.64. The maximum absolute atomic E-state index is 13.9. The number of piperidine rings is 1.